The molecule has 164 valence electrons. The molecule has 0 aliphatic heterocycles. The van der Waals surface area contributed by atoms with E-state index in [0.29, 0.717) is 30.9 Å². The summed E-state index contributed by atoms with van der Waals surface area (Å²) in [6.45, 7) is 7.08. The lowest BCUT2D eigenvalue weighted by Crippen LogP contribution is -2.32. The number of nitrogens with zero attached hydrogens (tertiary/aromatic N) is 1. The van der Waals surface area contributed by atoms with Crippen LogP contribution in [0.2, 0.25) is 0 Å². The van der Waals surface area contributed by atoms with Crippen LogP contribution in [0.15, 0.2) is 48.5 Å². The molecule has 0 fully saturated rings. The lowest BCUT2D eigenvalue weighted by Gasteiger charge is -2.22. The quantitative estimate of drug-likeness (QED) is 0.514. The van der Waals surface area contributed by atoms with Gasteiger partial charge in [0.15, 0.2) is 0 Å². The number of nitrogens with one attached hydrogen (secondary N) is 1. The van der Waals surface area contributed by atoms with E-state index in [1.165, 1.54) is 4.31 Å². The maximum atomic E-state index is 12.4. The second-order valence-electron chi connectivity index (χ2n) is 6.93. The highest BCUT2D eigenvalue weighted by Gasteiger charge is 2.18. The molecule has 0 saturated carbocycles. The van der Waals surface area contributed by atoms with Gasteiger partial charge in [0.05, 0.1) is 18.0 Å². The van der Waals surface area contributed by atoms with E-state index in [9.17, 15) is 13.2 Å². The zero-order valence-corrected chi connectivity index (χ0v) is 18.9. The van der Waals surface area contributed by atoms with Gasteiger partial charge in [-0.2, -0.15) is 0 Å². The molecule has 0 heterocycles. The van der Waals surface area contributed by atoms with Gasteiger partial charge in [-0.1, -0.05) is 25.1 Å². The van der Waals surface area contributed by atoms with Crippen molar-refractivity contribution in [1.82, 2.24) is 5.32 Å². The smallest absolute Gasteiger partial charge is 0.251 e. The van der Waals surface area contributed by atoms with Crippen molar-refractivity contribution in [3.8, 4) is 5.75 Å². The monoisotopic (exact) mass is 432 g/mol. The molecule has 1 N–H and O–H groups in total. The molecule has 6 nitrogen and oxygen atoms in total. The van der Waals surface area contributed by atoms with Crippen molar-refractivity contribution in [3.63, 3.8) is 0 Å². The van der Waals surface area contributed by atoms with E-state index in [4.69, 9.17) is 4.74 Å². The Bertz CT molecular complexity index is 911. The minimum atomic E-state index is -3.33. The fourth-order valence-electron chi connectivity index (χ4n) is 3.12. The number of sulfonamides is 1. The first-order valence-corrected chi connectivity index (χ1v) is 12.1. The van der Waals surface area contributed by atoms with Crippen LogP contribution < -0.4 is 14.4 Å². The Kier molecular flexibility index (Phi) is 9.17. The highest BCUT2D eigenvalue weighted by atomic mass is 32.2. The number of hydrogen-bond acceptors (Lipinski definition) is 4. The van der Waals surface area contributed by atoms with Crippen molar-refractivity contribution in [2.75, 3.05) is 29.8 Å². The lowest BCUT2D eigenvalue weighted by molar-refractivity contribution is 0.0953. The number of benzene rings is 2. The van der Waals surface area contributed by atoms with Crippen LogP contribution in [-0.2, 0) is 16.4 Å². The molecule has 0 radical (unpaired) electrons. The first-order valence-electron chi connectivity index (χ1n) is 10.5. The van der Waals surface area contributed by atoms with Gasteiger partial charge in [0, 0.05) is 18.7 Å². The fraction of sp³-hybridized carbons (Fsp3) is 0.435. The number of amides is 1. The average molecular weight is 433 g/mol. The number of para-hydroxylation sites is 1. The first-order chi connectivity index (χ1) is 14.4. The van der Waals surface area contributed by atoms with Crippen molar-refractivity contribution in [3.05, 3.63) is 59.7 Å². The SMILES string of the molecule is CCCOc1ccccc1CCCNC(=O)c1ccc(N(CC)S(=O)(=O)CC)cc1. The summed E-state index contributed by atoms with van der Waals surface area (Å²) in [5, 5.41) is 2.92. The van der Waals surface area contributed by atoms with Crippen LogP contribution in [0.3, 0.4) is 0 Å². The Morgan fingerprint density at radius 3 is 2.37 bits per heavy atom. The summed E-state index contributed by atoms with van der Waals surface area (Å²) in [7, 11) is -3.33. The van der Waals surface area contributed by atoms with Gasteiger partial charge in [-0.3, -0.25) is 9.10 Å². The summed E-state index contributed by atoms with van der Waals surface area (Å²) in [6.07, 6.45) is 2.58. The van der Waals surface area contributed by atoms with Crippen LogP contribution in [0.4, 0.5) is 5.69 Å². The van der Waals surface area contributed by atoms with Gasteiger partial charge in [-0.15, -0.1) is 0 Å². The molecular formula is C23H32N2O4S. The topological polar surface area (TPSA) is 75.7 Å². The summed E-state index contributed by atoms with van der Waals surface area (Å²) in [5.74, 6) is 0.776. The Balaban J connectivity index is 1.89. The Morgan fingerprint density at radius 2 is 1.73 bits per heavy atom. The van der Waals surface area contributed by atoms with Crippen molar-refractivity contribution < 1.29 is 17.9 Å². The number of carbonyl (C=O) groups excluding carboxylic acids is 1. The molecular weight excluding hydrogens is 400 g/mol. The number of anilines is 1. The lowest BCUT2D eigenvalue weighted by atomic mass is 10.1. The Hall–Kier alpha value is -2.54. The molecule has 0 aliphatic carbocycles. The molecule has 2 aromatic carbocycles. The summed E-state index contributed by atoms with van der Waals surface area (Å²) < 4.78 is 31.4. The maximum Gasteiger partial charge on any atom is 0.251 e. The number of aryl methyl sites for hydroxylation is 1. The molecule has 0 bridgehead atoms. The first kappa shape index (κ1) is 23.7. The fourth-order valence-corrected chi connectivity index (χ4v) is 4.27. The zero-order valence-electron chi connectivity index (χ0n) is 18.1. The highest BCUT2D eigenvalue weighted by Crippen LogP contribution is 2.20. The van der Waals surface area contributed by atoms with E-state index in [1.54, 1.807) is 38.1 Å². The maximum absolute atomic E-state index is 12.4. The molecule has 0 spiro atoms. The molecule has 2 rings (SSSR count). The predicted octanol–water partition coefficient (Wildman–Crippen LogP) is 4.01. The molecule has 0 aliphatic rings. The van der Waals surface area contributed by atoms with Crippen molar-refractivity contribution in [2.24, 2.45) is 0 Å². The van der Waals surface area contributed by atoms with Crippen molar-refractivity contribution >= 4 is 21.6 Å². The van der Waals surface area contributed by atoms with Crippen LogP contribution >= 0.6 is 0 Å². The number of carbonyl (C=O) groups is 1. The standard InChI is InChI=1S/C23H32N2O4S/c1-4-18-29-22-12-8-7-10-19(22)11-9-17-24-23(26)20-13-15-21(16-14-20)25(5-2)30(27,28)6-3/h7-8,10,12-16H,4-6,9,11,17-18H2,1-3H3,(H,24,26). The molecule has 0 atom stereocenters. The van der Waals surface area contributed by atoms with Crippen LogP contribution in [-0.4, -0.2) is 39.8 Å². The summed E-state index contributed by atoms with van der Waals surface area (Å²) >= 11 is 0. The minimum Gasteiger partial charge on any atom is -0.493 e. The third kappa shape index (κ3) is 6.49. The van der Waals surface area contributed by atoms with Gasteiger partial charge >= 0.3 is 0 Å². The third-order valence-electron chi connectivity index (χ3n) is 4.75. The number of rotatable bonds is 12. The molecule has 30 heavy (non-hydrogen) atoms. The second kappa shape index (κ2) is 11.6. The van der Waals surface area contributed by atoms with Gasteiger partial charge in [0.2, 0.25) is 10.0 Å². The summed E-state index contributed by atoms with van der Waals surface area (Å²) in [4.78, 5) is 12.4. The predicted molar refractivity (Wildman–Crippen MR) is 122 cm³/mol. The highest BCUT2D eigenvalue weighted by molar-refractivity contribution is 7.92. The van der Waals surface area contributed by atoms with E-state index < -0.39 is 10.0 Å². The molecule has 1 amide bonds. The molecule has 7 heteroatoms. The van der Waals surface area contributed by atoms with E-state index in [1.807, 2.05) is 18.2 Å². The number of ether oxygens (including phenoxy) is 1. The molecule has 0 saturated heterocycles. The summed E-state index contributed by atoms with van der Waals surface area (Å²) in [6, 6.07) is 14.6. The minimum absolute atomic E-state index is 0.0374. The Labute approximate surface area is 180 Å². The van der Waals surface area contributed by atoms with E-state index >= 15 is 0 Å². The van der Waals surface area contributed by atoms with Gasteiger partial charge in [0.25, 0.3) is 5.91 Å². The van der Waals surface area contributed by atoms with Crippen LogP contribution in [0.5, 0.6) is 5.75 Å². The second-order valence-corrected chi connectivity index (χ2v) is 9.11. The Morgan fingerprint density at radius 1 is 1.03 bits per heavy atom. The van der Waals surface area contributed by atoms with Crippen molar-refractivity contribution in [1.29, 1.82) is 0 Å². The number of hydrogen-bond donors (Lipinski definition) is 1. The van der Waals surface area contributed by atoms with Gasteiger partial charge in [-0.25, -0.2) is 8.42 Å². The molecule has 0 unspecified atom stereocenters. The van der Waals surface area contributed by atoms with Gasteiger partial charge < -0.3 is 10.1 Å². The van der Waals surface area contributed by atoms with E-state index in [-0.39, 0.29) is 11.7 Å². The third-order valence-corrected chi connectivity index (χ3v) is 6.62. The average Bonchev–Trinajstić information content (AvgIpc) is 2.76. The molecule has 2 aromatic rings. The van der Waals surface area contributed by atoms with E-state index in [2.05, 4.69) is 18.3 Å². The summed E-state index contributed by atoms with van der Waals surface area (Å²) in [5.41, 5.74) is 2.22. The van der Waals surface area contributed by atoms with Crippen LogP contribution in [0, 0.1) is 0 Å². The van der Waals surface area contributed by atoms with Gasteiger partial charge in [0.1, 0.15) is 5.75 Å². The zero-order chi connectivity index (χ0) is 22.0. The largest absolute Gasteiger partial charge is 0.493 e. The van der Waals surface area contributed by atoms with E-state index in [0.717, 1.165) is 30.6 Å². The van der Waals surface area contributed by atoms with Crippen molar-refractivity contribution in [2.45, 2.75) is 40.0 Å². The van der Waals surface area contributed by atoms with Crippen LogP contribution in [0.25, 0.3) is 0 Å². The normalized spacial score (nSPS) is 11.2. The molecule has 0 aromatic heterocycles. The van der Waals surface area contributed by atoms with Crippen LogP contribution in [0.1, 0.15) is 49.5 Å². The van der Waals surface area contributed by atoms with Gasteiger partial charge in [-0.05, 0) is 69.0 Å².